The van der Waals surface area contributed by atoms with Gasteiger partial charge >= 0.3 is 6.18 Å². The summed E-state index contributed by atoms with van der Waals surface area (Å²) in [5.41, 5.74) is -1.64. The lowest BCUT2D eigenvalue weighted by molar-refractivity contribution is -0.107. The standard InChI is InChI=1S/C13H13F4N5O3S/c1-21(2)12(13(15,16)17)19-22(7-23)11-5-10(20-26(3,24)25)8(6-18)4-9(11)14/h4-5,7,20H,1-3H3/b19-12-. The van der Waals surface area contributed by atoms with Crippen molar-refractivity contribution in [2.75, 3.05) is 30.1 Å². The molecule has 1 aromatic rings. The largest absolute Gasteiger partial charge is 0.451 e. The number of hydrogen-bond acceptors (Lipinski definition) is 5. The summed E-state index contributed by atoms with van der Waals surface area (Å²) in [5, 5.41) is 12.1. The molecule has 0 saturated heterocycles. The zero-order chi connectivity index (χ0) is 20.3. The van der Waals surface area contributed by atoms with Gasteiger partial charge in [-0.3, -0.25) is 9.52 Å². The smallest absolute Gasteiger partial charge is 0.357 e. The summed E-state index contributed by atoms with van der Waals surface area (Å²) in [4.78, 5) is 11.7. The molecule has 142 valence electrons. The van der Waals surface area contributed by atoms with E-state index in [1.54, 1.807) is 0 Å². The number of carbonyl (C=O) groups excluding carboxylic acids is 1. The fourth-order valence-corrected chi connectivity index (χ4v) is 2.32. The fraction of sp³-hybridized carbons (Fsp3) is 0.308. The summed E-state index contributed by atoms with van der Waals surface area (Å²) in [6.45, 7) is 0. The molecular formula is C13H13F4N5O3S. The average Bonchev–Trinajstić information content (AvgIpc) is 2.47. The second-order valence-electron chi connectivity index (χ2n) is 5.10. The lowest BCUT2D eigenvalue weighted by Crippen LogP contribution is -2.38. The zero-order valence-electron chi connectivity index (χ0n) is 13.7. The van der Waals surface area contributed by atoms with Gasteiger partial charge in [0.2, 0.25) is 22.3 Å². The van der Waals surface area contributed by atoms with Crippen molar-refractivity contribution in [2.24, 2.45) is 5.10 Å². The number of anilines is 2. The van der Waals surface area contributed by atoms with Crippen LogP contribution in [0, 0.1) is 17.1 Å². The Kier molecular flexibility index (Phi) is 6.16. The summed E-state index contributed by atoms with van der Waals surface area (Å²) in [7, 11) is -1.86. The molecule has 1 rings (SSSR count). The Morgan fingerprint density at radius 1 is 1.35 bits per heavy atom. The van der Waals surface area contributed by atoms with E-state index in [1.807, 2.05) is 4.72 Å². The van der Waals surface area contributed by atoms with Crippen molar-refractivity contribution >= 4 is 33.6 Å². The molecule has 8 nitrogen and oxygen atoms in total. The van der Waals surface area contributed by atoms with Crippen LogP contribution in [0.2, 0.25) is 0 Å². The Balaban J connectivity index is 3.59. The van der Waals surface area contributed by atoms with Gasteiger partial charge in [-0.2, -0.15) is 23.4 Å². The van der Waals surface area contributed by atoms with Crippen LogP contribution in [0.4, 0.5) is 28.9 Å². The van der Waals surface area contributed by atoms with Crippen LogP contribution >= 0.6 is 0 Å². The van der Waals surface area contributed by atoms with Crippen molar-refractivity contribution in [1.29, 1.82) is 5.26 Å². The van der Waals surface area contributed by atoms with E-state index in [4.69, 9.17) is 5.26 Å². The lowest BCUT2D eigenvalue weighted by atomic mass is 10.1. The molecule has 1 N–H and O–H groups in total. The number of sulfonamides is 1. The van der Waals surface area contributed by atoms with Gasteiger partial charge in [-0.05, 0) is 12.1 Å². The molecule has 0 saturated carbocycles. The number of nitrogens with zero attached hydrogens (tertiary/aromatic N) is 4. The highest BCUT2D eigenvalue weighted by Crippen LogP contribution is 2.28. The minimum atomic E-state index is -4.94. The molecule has 0 aliphatic carbocycles. The van der Waals surface area contributed by atoms with E-state index in [0.29, 0.717) is 17.0 Å². The number of hydrogen-bond donors (Lipinski definition) is 1. The molecule has 0 heterocycles. The molecule has 0 bridgehead atoms. The number of halogens is 4. The quantitative estimate of drug-likeness (QED) is 0.267. The van der Waals surface area contributed by atoms with Gasteiger partial charge < -0.3 is 4.90 Å². The van der Waals surface area contributed by atoms with Gasteiger partial charge in [-0.25, -0.2) is 12.8 Å². The summed E-state index contributed by atoms with van der Waals surface area (Å²) in [6, 6.07) is 2.79. The van der Waals surface area contributed by atoms with Gasteiger partial charge in [0.1, 0.15) is 17.6 Å². The van der Waals surface area contributed by atoms with Crippen LogP contribution in [0.3, 0.4) is 0 Å². The van der Waals surface area contributed by atoms with Crippen molar-refractivity contribution in [3.05, 3.63) is 23.5 Å². The second-order valence-corrected chi connectivity index (χ2v) is 6.85. The topological polar surface area (TPSA) is 106 Å². The predicted molar refractivity (Wildman–Crippen MR) is 85.3 cm³/mol. The van der Waals surface area contributed by atoms with E-state index in [9.17, 15) is 30.8 Å². The first kappa shape index (κ1) is 21.2. The molecule has 0 spiro atoms. The molecule has 0 aliphatic heterocycles. The van der Waals surface area contributed by atoms with Crippen LogP contribution in [0.5, 0.6) is 0 Å². The van der Waals surface area contributed by atoms with Crippen LogP contribution < -0.4 is 9.73 Å². The number of nitriles is 1. The van der Waals surface area contributed by atoms with Gasteiger partial charge in [-0.1, -0.05) is 0 Å². The van der Waals surface area contributed by atoms with Crippen molar-refractivity contribution in [3.63, 3.8) is 0 Å². The maximum Gasteiger partial charge on any atom is 0.451 e. The van der Waals surface area contributed by atoms with Crippen LogP contribution in [-0.2, 0) is 14.8 Å². The number of hydrazone groups is 1. The highest BCUT2D eigenvalue weighted by atomic mass is 32.2. The van der Waals surface area contributed by atoms with Gasteiger partial charge in [0.05, 0.1) is 17.5 Å². The summed E-state index contributed by atoms with van der Waals surface area (Å²) in [6.07, 6.45) is -4.38. The number of alkyl halides is 3. The van der Waals surface area contributed by atoms with Gasteiger partial charge in [0.15, 0.2) is 0 Å². The van der Waals surface area contributed by atoms with Crippen molar-refractivity contribution in [3.8, 4) is 6.07 Å². The maximum absolute atomic E-state index is 14.1. The van der Waals surface area contributed by atoms with E-state index in [1.165, 1.54) is 6.07 Å². The number of carbonyl (C=O) groups is 1. The monoisotopic (exact) mass is 395 g/mol. The van der Waals surface area contributed by atoms with Crippen LogP contribution in [0.25, 0.3) is 0 Å². The summed E-state index contributed by atoms with van der Waals surface area (Å²) in [5.74, 6) is -2.76. The first-order chi connectivity index (χ1) is 11.8. The number of nitrogens with one attached hydrogen (secondary N) is 1. The number of amidine groups is 1. The Morgan fingerprint density at radius 3 is 2.31 bits per heavy atom. The normalized spacial score (nSPS) is 12.3. The fourth-order valence-electron chi connectivity index (χ4n) is 1.75. The van der Waals surface area contributed by atoms with E-state index < -0.39 is 44.8 Å². The Labute approximate surface area is 146 Å². The zero-order valence-corrected chi connectivity index (χ0v) is 14.5. The highest BCUT2D eigenvalue weighted by molar-refractivity contribution is 7.92. The Hall–Kier alpha value is -2.88. The maximum atomic E-state index is 14.1. The Morgan fingerprint density at radius 2 is 1.92 bits per heavy atom. The third-order valence-corrected chi connectivity index (χ3v) is 3.32. The first-order valence-corrected chi connectivity index (χ1v) is 8.48. The molecule has 1 amide bonds. The van der Waals surface area contributed by atoms with E-state index >= 15 is 0 Å². The Bertz CT molecular complexity index is 875. The SMILES string of the molecule is CN(C)/C(=N\N(C=O)c1cc(NS(C)(=O)=O)c(C#N)cc1F)C(F)(F)F. The van der Waals surface area contributed by atoms with Gasteiger partial charge in [0.25, 0.3) is 0 Å². The number of rotatable bonds is 5. The third kappa shape index (κ3) is 5.31. The molecular weight excluding hydrogens is 382 g/mol. The molecule has 0 aromatic heterocycles. The van der Waals surface area contributed by atoms with Gasteiger partial charge in [0, 0.05) is 14.1 Å². The van der Waals surface area contributed by atoms with E-state index in [2.05, 4.69) is 5.10 Å². The average molecular weight is 395 g/mol. The minimum Gasteiger partial charge on any atom is -0.357 e. The van der Waals surface area contributed by atoms with E-state index in [-0.39, 0.29) is 11.4 Å². The number of benzene rings is 1. The summed E-state index contributed by atoms with van der Waals surface area (Å²) >= 11 is 0. The predicted octanol–water partition coefficient (Wildman–Crippen LogP) is 1.47. The third-order valence-electron chi connectivity index (χ3n) is 2.73. The molecule has 0 radical (unpaired) electrons. The molecule has 0 unspecified atom stereocenters. The van der Waals surface area contributed by atoms with Crippen molar-refractivity contribution in [1.82, 2.24) is 4.90 Å². The second kappa shape index (κ2) is 7.56. The van der Waals surface area contributed by atoms with E-state index in [0.717, 1.165) is 20.4 Å². The molecule has 0 aliphatic rings. The van der Waals surface area contributed by atoms with Crippen molar-refractivity contribution in [2.45, 2.75) is 6.18 Å². The van der Waals surface area contributed by atoms with Gasteiger partial charge in [-0.15, -0.1) is 5.10 Å². The molecule has 13 heteroatoms. The number of amides is 1. The van der Waals surface area contributed by atoms with Crippen molar-refractivity contribution < 1.29 is 30.8 Å². The van der Waals surface area contributed by atoms with Crippen LogP contribution in [0.15, 0.2) is 17.2 Å². The summed E-state index contributed by atoms with van der Waals surface area (Å²) < 4.78 is 77.6. The first-order valence-electron chi connectivity index (χ1n) is 6.59. The molecule has 26 heavy (non-hydrogen) atoms. The minimum absolute atomic E-state index is 0.0484. The van der Waals surface area contributed by atoms with Crippen LogP contribution in [0.1, 0.15) is 5.56 Å². The highest BCUT2D eigenvalue weighted by Gasteiger charge is 2.39. The molecule has 0 fully saturated rings. The lowest BCUT2D eigenvalue weighted by Gasteiger charge is -2.21. The van der Waals surface area contributed by atoms with Crippen LogP contribution in [-0.4, -0.2) is 52.1 Å². The molecule has 0 atom stereocenters. The molecule has 1 aromatic carbocycles.